The maximum Gasteiger partial charge on any atom is 0.264 e. The highest BCUT2D eigenvalue weighted by Crippen LogP contribution is 2.23. The molecular formula is C22H21ClN2O3S. The van der Waals surface area contributed by atoms with Crippen LogP contribution in [0.3, 0.4) is 0 Å². The van der Waals surface area contributed by atoms with Gasteiger partial charge in [-0.15, -0.1) is 0 Å². The third-order valence-electron chi connectivity index (χ3n) is 4.54. The number of sulfonamides is 1. The second-order valence-electron chi connectivity index (χ2n) is 6.62. The standard InChI is InChI=1S/C22H21ClN2O3S/c1-24(16-17-11-13-19(23)14-12-17)22(26)18-7-6-10-21(15-18)29(27,28)25(2)20-8-4-3-5-9-20/h3-15H,16H2,1-2H3. The molecular weight excluding hydrogens is 408 g/mol. The molecule has 0 aliphatic heterocycles. The first kappa shape index (κ1) is 20.9. The maximum atomic E-state index is 13.0. The molecule has 0 saturated heterocycles. The quantitative estimate of drug-likeness (QED) is 0.583. The number of nitrogens with zero attached hydrogens (tertiary/aromatic N) is 2. The van der Waals surface area contributed by atoms with Gasteiger partial charge in [-0.3, -0.25) is 9.10 Å². The fourth-order valence-electron chi connectivity index (χ4n) is 2.88. The zero-order valence-electron chi connectivity index (χ0n) is 16.1. The van der Waals surface area contributed by atoms with Crippen LogP contribution in [-0.2, 0) is 16.6 Å². The highest BCUT2D eigenvalue weighted by molar-refractivity contribution is 7.92. The lowest BCUT2D eigenvalue weighted by Gasteiger charge is -2.21. The highest BCUT2D eigenvalue weighted by atomic mass is 35.5. The molecule has 0 bridgehead atoms. The van der Waals surface area contributed by atoms with Crippen molar-refractivity contribution in [3.05, 3.63) is 95.0 Å². The Morgan fingerprint density at radius 1 is 0.897 bits per heavy atom. The Hall–Kier alpha value is -2.83. The summed E-state index contributed by atoms with van der Waals surface area (Å²) in [5.41, 5.74) is 1.78. The van der Waals surface area contributed by atoms with Crippen molar-refractivity contribution in [3.8, 4) is 0 Å². The number of benzene rings is 3. The molecule has 150 valence electrons. The highest BCUT2D eigenvalue weighted by Gasteiger charge is 2.23. The lowest BCUT2D eigenvalue weighted by molar-refractivity contribution is 0.0785. The van der Waals surface area contributed by atoms with E-state index in [-0.39, 0.29) is 10.8 Å². The first-order valence-electron chi connectivity index (χ1n) is 8.93. The van der Waals surface area contributed by atoms with E-state index in [0.717, 1.165) is 5.56 Å². The molecule has 7 heteroatoms. The lowest BCUT2D eigenvalue weighted by Crippen LogP contribution is -2.28. The van der Waals surface area contributed by atoms with Gasteiger partial charge < -0.3 is 4.90 Å². The Kier molecular flexibility index (Phi) is 6.25. The van der Waals surface area contributed by atoms with E-state index in [4.69, 9.17) is 11.6 Å². The molecule has 5 nitrogen and oxygen atoms in total. The number of halogens is 1. The van der Waals surface area contributed by atoms with Crippen molar-refractivity contribution in [1.82, 2.24) is 4.90 Å². The van der Waals surface area contributed by atoms with Crippen LogP contribution in [0.5, 0.6) is 0 Å². The van der Waals surface area contributed by atoms with E-state index in [9.17, 15) is 13.2 Å². The molecule has 0 aliphatic rings. The van der Waals surface area contributed by atoms with Crippen LogP contribution in [0.15, 0.2) is 83.8 Å². The van der Waals surface area contributed by atoms with Crippen LogP contribution in [0.25, 0.3) is 0 Å². The Balaban J connectivity index is 1.82. The van der Waals surface area contributed by atoms with Crippen LogP contribution in [0.1, 0.15) is 15.9 Å². The first-order chi connectivity index (χ1) is 13.8. The van der Waals surface area contributed by atoms with Crippen molar-refractivity contribution in [3.63, 3.8) is 0 Å². The molecule has 0 aliphatic carbocycles. The number of para-hydroxylation sites is 1. The zero-order valence-corrected chi connectivity index (χ0v) is 17.7. The van der Waals surface area contributed by atoms with Crippen LogP contribution >= 0.6 is 11.6 Å². The average Bonchev–Trinajstić information content (AvgIpc) is 2.75. The molecule has 1 amide bonds. The Morgan fingerprint density at radius 2 is 1.55 bits per heavy atom. The minimum absolute atomic E-state index is 0.0644. The molecule has 0 radical (unpaired) electrons. The summed E-state index contributed by atoms with van der Waals surface area (Å²) in [6, 6.07) is 22.1. The fourth-order valence-corrected chi connectivity index (χ4v) is 4.25. The summed E-state index contributed by atoms with van der Waals surface area (Å²) >= 11 is 5.90. The largest absolute Gasteiger partial charge is 0.337 e. The lowest BCUT2D eigenvalue weighted by atomic mass is 10.1. The van der Waals surface area contributed by atoms with Crippen molar-refractivity contribution in [2.24, 2.45) is 0 Å². The number of anilines is 1. The van der Waals surface area contributed by atoms with Gasteiger partial charge in [-0.25, -0.2) is 8.42 Å². The Bertz CT molecular complexity index is 1100. The minimum Gasteiger partial charge on any atom is -0.337 e. The normalized spacial score (nSPS) is 11.1. The third kappa shape index (κ3) is 4.78. The second kappa shape index (κ2) is 8.68. The third-order valence-corrected chi connectivity index (χ3v) is 6.57. The molecule has 0 N–H and O–H groups in total. The summed E-state index contributed by atoms with van der Waals surface area (Å²) in [5.74, 6) is -0.264. The van der Waals surface area contributed by atoms with Gasteiger partial charge >= 0.3 is 0 Å². The maximum absolute atomic E-state index is 13.0. The monoisotopic (exact) mass is 428 g/mol. The number of carbonyl (C=O) groups is 1. The van der Waals surface area contributed by atoms with Gasteiger partial charge in [0.2, 0.25) is 0 Å². The summed E-state index contributed by atoms with van der Waals surface area (Å²) in [6.07, 6.45) is 0. The number of hydrogen-bond acceptors (Lipinski definition) is 3. The molecule has 3 rings (SSSR count). The van der Waals surface area contributed by atoms with Gasteiger partial charge in [0.25, 0.3) is 15.9 Å². The molecule has 3 aromatic rings. The number of rotatable bonds is 6. The zero-order chi connectivity index (χ0) is 21.0. The van der Waals surface area contributed by atoms with Crippen molar-refractivity contribution >= 4 is 33.2 Å². The van der Waals surface area contributed by atoms with Crippen LogP contribution in [0.4, 0.5) is 5.69 Å². The summed E-state index contributed by atoms with van der Waals surface area (Å²) in [6.45, 7) is 0.386. The first-order valence-corrected chi connectivity index (χ1v) is 10.7. The Morgan fingerprint density at radius 3 is 2.21 bits per heavy atom. The van der Waals surface area contributed by atoms with Crippen molar-refractivity contribution in [2.75, 3.05) is 18.4 Å². The predicted octanol–water partition coefficient (Wildman–Crippen LogP) is 4.44. The number of hydrogen-bond donors (Lipinski definition) is 0. The molecule has 0 fully saturated rings. The Labute approximate surface area is 176 Å². The van der Waals surface area contributed by atoms with Crippen molar-refractivity contribution in [1.29, 1.82) is 0 Å². The van der Waals surface area contributed by atoms with E-state index in [2.05, 4.69) is 0 Å². The van der Waals surface area contributed by atoms with E-state index < -0.39 is 10.0 Å². The van der Waals surface area contributed by atoms with Crippen molar-refractivity contribution in [2.45, 2.75) is 11.4 Å². The molecule has 0 atom stereocenters. The second-order valence-corrected chi connectivity index (χ2v) is 9.03. The van der Waals surface area contributed by atoms with Gasteiger partial charge in [0.05, 0.1) is 10.6 Å². The van der Waals surface area contributed by atoms with Crippen LogP contribution in [0, 0.1) is 0 Å². The van der Waals surface area contributed by atoms with E-state index >= 15 is 0 Å². The summed E-state index contributed by atoms with van der Waals surface area (Å²) in [4.78, 5) is 14.4. The summed E-state index contributed by atoms with van der Waals surface area (Å²) < 4.78 is 27.2. The van der Waals surface area contributed by atoms with Crippen LogP contribution in [-0.4, -0.2) is 33.3 Å². The smallest absolute Gasteiger partial charge is 0.264 e. The van der Waals surface area contributed by atoms with Gasteiger partial charge in [-0.2, -0.15) is 0 Å². The molecule has 0 spiro atoms. The number of amides is 1. The molecule has 3 aromatic carbocycles. The van der Waals surface area contributed by atoms with E-state index in [1.807, 2.05) is 18.2 Å². The number of carbonyl (C=O) groups excluding carboxylic acids is 1. The summed E-state index contributed by atoms with van der Waals surface area (Å²) in [7, 11) is -0.623. The molecule has 29 heavy (non-hydrogen) atoms. The van der Waals surface area contributed by atoms with Gasteiger partial charge in [0.1, 0.15) is 0 Å². The van der Waals surface area contributed by atoms with Gasteiger partial charge in [0.15, 0.2) is 0 Å². The van der Waals surface area contributed by atoms with E-state index in [1.54, 1.807) is 55.6 Å². The van der Waals surface area contributed by atoms with Gasteiger partial charge in [0, 0.05) is 31.2 Å². The van der Waals surface area contributed by atoms with Crippen LogP contribution in [0.2, 0.25) is 5.02 Å². The summed E-state index contributed by atoms with van der Waals surface area (Å²) in [5, 5.41) is 0.628. The van der Waals surface area contributed by atoms with E-state index in [1.165, 1.54) is 28.4 Å². The fraction of sp³-hybridized carbons (Fsp3) is 0.136. The predicted molar refractivity (Wildman–Crippen MR) is 116 cm³/mol. The molecule has 0 unspecified atom stereocenters. The van der Waals surface area contributed by atoms with Crippen molar-refractivity contribution < 1.29 is 13.2 Å². The molecule has 0 saturated carbocycles. The molecule has 0 aromatic heterocycles. The van der Waals surface area contributed by atoms with E-state index in [0.29, 0.717) is 22.8 Å². The van der Waals surface area contributed by atoms with Gasteiger partial charge in [-0.1, -0.05) is 48.0 Å². The topological polar surface area (TPSA) is 57.7 Å². The SMILES string of the molecule is CN(Cc1ccc(Cl)cc1)C(=O)c1cccc(S(=O)(=O)N(C)c2ccccc2)c1. The molecule has 0 heterocycles. The minimum atomic E-state index is -3.79. The van der Waals surface area contributed by atoms with Crippen LogP contribution < -0.4 is 4.31 Å². The van der Waals surface area contributed by atoms with Gasteiger partial charge in [-0.05, 0) is 48.0 Å². The average molecular weight is 429 g/mol.